The number of rotatable bonds is 9. The third-order valence-corrected chi connectivity index (χ3v) is 6.11. The van der Waals surface area contributed by atoms with Crippen LogP contribution < -0.4 is 4.74 Å². The van der Waals surface area contributed by atoms with Crippen LogP contribution in [0.2, 0.25) is 0 Å². The van der Waals surface area contributed by atoms with Crippen LogP contribution in [0.3, 0.4) is 0 Å². The number of amides is 1. The molecule has 1 heterocycles. The number of nitrogens with zero attached hydrogens (tertiary/aromatic N) is 2. The number of methoxy groups -OCH3 is 1. The molecule has 176 valence electrons. The molecule has 0 fully saturated rings. The van der Waals surface area contributed by atoms with E-state index in [-0.39, 0.29) is 30.3 Å². The van der Waals surface area contributed by atoms with Crippen molar-refractivity contribution >= 4 is 11.6 Å². The van der Waals surface area contributed by atoms with Crippen molar-refractivity contribution in [3.63, 3.8) is 0 Å². The van der Waals surface area contributed by atoms with Gasteiger partial charge in [0.05, 0.1) is 25.3 Å². The predicted octanol–water partition coefficient (Wildman–Crippen LogP) is 5.55. The summed E-state index contributed by atoms with van der Waals surface area (Å²) in [6.45, 7) is 2.46. The molecule has 0 bridgehead atoms. The van der Waals surface area contributed by atoms with Crippen molar-refractivity contribution < 1.29 is 18.8 Å². The van der Waals surface area contributed by atoms with Gasteiger partial charge in [-0.1, -0.05) is 72.7 Å². The summed E-state index contributed by atoms with van der Waals surface area (Å²) in [4.78, 5) is 21.2. The molecular formula is C28H29FN2O3. The highest BCUT2D eigenvalue weighted by Gasteiger charge is 2.31. The predicted molar refractivity (Wildman–Crippen MR) is 130 cm³/mol. The molecule has 5 nitrogen and oxygen atoms in total. The number of oxime groups is 1. The summed E-state index contributed by atoms with van der Waals surface area (Å²) in [6, 6.07) is 23.9. The van der Waals surface area contributed by atoms with Crippen molar-refractivity contribution in [1.29, 1.82) is 0 Å². The fraction of sp³-hybridized carbons (Fsp3) is 0.286. The van der Waals surface area contributed by atoms with E-state index in [1.165, 1.54) is 6.07 Å². The number of hydrogen-bond acceptors (Lipinski definition) is 4. The zero-order valence-electron chi connectivity index (χ0n) is 19.5. The summed E-state index contributed by atoms with van der Waals surface area (Å²) in [5.74, 6) is 0.0292. The lowest BCUT2D eigenvalue weighted by Crippen LogP contribution is -2.40. The Labute approximate surface area is 199 Å². The van der Waals surface area contributed by atoms with Crippen LogP contribution in [0.5, 0.6) is 5.75 Å². The SMILES string of the molecule is CC[C@H](C(=O)N(Cc1ccccc1F)C[C@@H]1CC(c2ccccc2OC)=NO1)c1ccccc1. The molecule has 1 aliphatic heterocycles. The molecule has 3 aromatic carbocycles. The number of benzene rings is 3. The van der Waals surface area contributed by atoms with Crippen molar-refractivity contribution in [1.82, 2.24) is 4.90 Å². The maximum Gasteiger partial charge on any atom is 0.230 e. The molecule has 0 unspecified atom stereocenters. The van der Waals surface area contributed by atoms with Crippen molar-refractivity contribution in [2.75, 3.05) is 13.7 Å². The standard InChI is InChI=1S/C28H29FN2O3/c1-3-23(20-11-5-4-6-12-20)28(32)31(18-21-13-7-9-15-25(21)29)19-22-17-26(30-34-22)24-14-8-10-16-27(24)33-2/h4-16,22-23H,3,17-19H2,1-2H3/t22-,23-/m0/s1. The van der Waals surface area contributed by atoms with E-state index in [1.54, 1.807) is 30.2 Å². The molecule has 0 N–H and O–H groups in total. The normalized spacial score (nSPS) is 15.9. The van der Waals surface area contributed by atoms with E-state index in [4.69, 9.17) is 9.57 Å². The molecule has 4 rings (SSSR count). The quantitative estimate of drug-likeness (QED) is 0.421. The van der Waals surface area contributed by atoms with Crippen LogP contribution in [0.15, 0.2) is 84.0 Å². The summed E-state index contributed by atoms with van der Waals surface area (Å²) in [6.07, 6.45) is 0.846. The van der Waals surface area contributed by atoms with Gasteiger partial charge in [0.1, 0.15) is 11.6 Å². The molecular weight excluding hydrogens is 431 g/mol. The van der Waals surface area contributed by atoms with Crippen molar-refractivity contribution in [3.8, 4) is 5.75 Å². The first kappa shape index (κ1) is 23.5. The Balaban J connectivity index is 1.55. The number of ether oxygens (including phenoxy) is 1. The molecule has 0 radical (unpaired) electrons. The van der Waals surface area contributed by atoms with Crippen molar-refractivity contribution in [2.45, 2.75) is 38.3 Å². The Morgan fingerprint density at radius 2 is 1.79 bits per heavy atom. The maximum atomic E-state index is 14.5. The second kappa shape index (κ2) is 11.0. The fourth-order valence-corrected chi connectivity index (χ4v) is 4.34. The van der Waals surface area contributed by atoms with Gasteiger partial charge in [-0.15, -0.1) is 0 Å². The van der Waals surface area contributed by atoms with Crippen molar-refractivity contribution in [3.05, 3.63) is 101 Å². The van der Waals surface area contributed by atoms with Crippen LogP contribution in [0.4, 0.5) is 4.39 Å². The first-order valence-corrected chi connectivity index (χ1v) is 11.5. The first-order valence-electron chi connectivity index (χ1n) is 11.5. The van der Waals surface area contributed by atoms with E-state index < -0.39 is 0 Å². The number of hydrogen-bond donors (Lipinski definition) is 0. The minimum Gasteiger partial charge on any atom is -0.496 e. The lowest BCUT2D eigenvalue weighted by atomic mass is 9.94. The summed E-state index contributed by atoms with van der Waals surface area (Å²) >= 11 is 0. The van der Waals surface area contributed by atoms with Crippen LogP contribution in [-0.4, -0.2) is 36.3 Å². The average Bonchev–Trinajstić information content (AvgIpc) is 3.34. The van der Waals surface area contributed by atoms with Gasteiger partial charge in [0, 0.05) is 24.1 Å². The number of halogens is 1. The monoisotopic (exact) mass is 460 g/mol. The average molecular weight is 461 g/mol. The highest BCUT2D eigenvalue weighted by molar-refractivity contribution is 6.03. The molecule has 6 heteroatoms. The number of carbonyl (C=O) groups excluding carboxylic acids is 1. The van der Waals surface area contributed by atoms with Gasteiger partial charge in [-0.25, -0.2) is 4.39 Å². The van der Waals surface area contributed by atoms with Crippen molar-refractivity contribution in [2.24, 2.45) is 5.16 Å². The minimum atomic E-state index is -0.330. The molecule has 1 amide bonds. The van der Waals surface area contributed by atoms with Crippen LogP contribution in [0.25, 0.3) is 0 Å². The summed E-state index contributed by atoms with van der Waals surface area (Å²) in [7, 11) is 1.62. The molecule has 0 saturated carbocycles. The number of para-hydroxylation sites is 1. The van der Waals surface area contributed by atoms with E-state index >= 15 is 0 Å². The fourth-order valence-electron chi connectivity index (χ4n) is 4.34. The third-order valence-electron chi connectivity index (χ3n) is 6.11. The highest BCUT2D eigenvalue weighted by atomic mass is 19.1. The lowest BCUT2D eigenvalue weighted by molar-refractivity contribution is -0.135. The van der Waals surface area contributed by atoms with E-state index in [1.807, 2.05) is 61.5 Å². The van der Waals surface area contributed by atoms with Gasteiger partial charge in [0.15, 0.2) is 6.10 Å². The molecule has 0 aromatic heterocycles. The molecule has 1 aliphatic rings. The lowest BCUT2D eigenvalue weighted by Gasteiger charge is -2.29. The smallest absolute Gasteiger partial charge is 0.230 e. The Hall–Kier alpha value is -3.67. The Bertz CT molecular complexity index is 1150. The molecule has 34 heavy (non-hydrogen) atoms. The van der Waals surface area contributed by atoms with Gasteiger partial charge in [-0.3, -0.25) is 4.79 Å². The number of carbonyl (C=O) groups is 1. The Morgan fingerprint density at radius 3 is 2.53 bits per heavy atom. The zero-order chi connectivity index (χ0) is 23.9. The van der Waals surface area contributed by atoms with Gasteiger partial charge in [0.2, 0.25) is 5.91 Å². The van der Waals surface area contributed by atoms with Gasteiger partial charge in [-0.05, 0) is 30.2 Å². The zero-order valence-corrected chi connectivity index (χ0v) is 19.5. The largest absolute Gasteiger partial charge is 0.496 e. The van der Waals surface area contributed by atoms with Crippen LogP contribution in [0, 0.1) is 5.82 Å². The maximum absolute atomic E-state index is 14.5. The van der Waals surface area contributed by atoms with Gasteiger partial charge in [0.25, 0.3) is 0 Å². The van der Waals surface area contributed by atoms with E-state index in [0.717, 1.165) is 22.6 Å². The molecule has 0 spiro atoms. The molecule has 2 atom stereocenters. The van der Waals surface area contributed by atoms with Crippen LogP contribution in [0.1, 0.15) is 42.4 Å². The Kier molecular flexibility index (Phi) is 7.58. The van der Waals surface area contributed by atoms with E-state index in [0.29, 0.717) is 24.9 Å². The topological polar surface area (TPSA) is 51.1 Å². The Morgan fingerprint density at radius 1 is 1.09 bits per heavy atom. The second-order valence-electron chi connectivity index (χ2n) is 8.35. The third kappa shape index (κ3) is 5.28. The second-order valence-corrected chi connectivity index (χ2v) is 8.35. The summed E-state index contributed by atoms with van der Waals surface area (Å²) < 4.78 is 20.0. The van der Waals surface area contributed by atoms with Gasteiger partial charge in [-0.2, -0.15) is 0 Å². The van der Waals surface area contributed by atoms with Crippen LogP contribution in [-0.2, 0) is 16.2 Å². The van der Waals surface area contributed by atoms with Gasteiger partial charge >= 0.3 is 0 Å². The molecule has 0 aliphatic carbocycles. The molecule has 3 aromatic rings. The summed E-state index contributed by atoms with van der Waals surface area (Å²) in [5.41, 5.74) is 3.07. The van der Waals surface area contributed by atoms with Gasteiger partial charge < -0.3 is 14.5 Å². The molecule has 0 saturated heterocycles. The minimum absolute atomic E-state index is 0.0497. The van der Waals surface area contributed by atoms with E-state index in [9.17, 15) is 9.18 Å². The highest BCUT2D eigenvalue weighted by Crippen LogP contribution is 2.28. The summed E-state index contributed by atoms with van der Waals surface area (Å²) in [5, 5.41) is 4.28. The first-order chi connectivity index (χ1) is 16.6. The van der Waals surface area contributed by atoms with E-state index in [2.05, 4.69) is 5.16 Å². The van der Waals surface area contributed by atoms with Crippen LogP contribution >= 0.6 is 0 Å².